The number of methoxy groups -OCH3 is 1. The number of amides is 4. The zero-order chi connectivity index (χ0) is 28.2. The van der Waals surface area contributed by atoms with Gasteiger partial charge in [-0.05, 0) is 52.2 Å². The molecule has 1 saturated heterocycles. The second-order valence-corrected chi connectivity index (χ2v) is 9.68. The van der Waals surface area contributed by atoms with E-state index in [0.29, 0.717) is 22.7 Å². The molecule has 202 valence electrons. The number of fused-ring (bicyclic) bond motifs is 1. The van der Waals surface area contributed by atoms with Crippen LogP contribution in [-0.2, 0) is 16.2 Å². The highest BCUT2D eigenvalue weighted by Gasteiger charge is 2.35. The number of ether oxygens (including phenoxy) is 2. The molecular formula is C30H23Cl2N3O5. The summed E-state index contributed by atoms with van der Waals surface area (Å²) in [6, 6.07) is 23.2. The van der Waals surface area contributed by atoms with E-state index in [4.69, 9.17) is 32.7 Å². The third kappa shape index (κ3) is 5.73. The van der Waals surface area contributed by atoms with Crippen LogP contribution in [0.5, 0.6) is 11.5 Å². The van der Waals surface area contributed by atoms with E-state index in [1.54, 1.807) is 36.4 Å². The van der Waals surface area contributed by atoms with Crippen LogP contribution in [0.2, 0.25) is 10.0 Å². The number of para-hydroxylation sites is 2. The summed E-state index contributed by atoms with van der Waals surface area (Å²) in [5.41, 5.74) is 1.85. The molecule has 1 aliphatic rings. The maximum Gasteiger partial charge on any atom is 0.329 e. The van der Waals surface area contributed by atoms with Crippen molar-refractivity contribution in [2.75, 3.05) is 19.0 Å². The van der Waals surface area contributed by atoms with Gasteiger partial charge in [0.15, 0.2) is 5.75 Å². The Morgan fingerprint density at radius 1 is 0.975 bits per heavy atom. The normalized spacial score (nSPS) is 14.0. The first-order chi connectivity index (χ1) is 19.3. The Bertz CT molecular complexity index is 1640. The molecule has 10 heteroatoms. The van der Waals surface area contributed by atoms with Gasteiger partial charge in [0.25, 0.3) is 5.91 Å². The second kappa shape index (κ2) is 11.7. The number of urea groups is 1. The highest BCUT2D eigenvalue weighted by Crippen LogP contribution is 2.36. The minimum atomic E-state index is -0.723. The molecule has 0 radical (unpaired) electrons. The summed E-state index contributed by atoms with van der Waals surface area (Å²) in [6.07, 6.45) is 1.44. The maximum atomic E-state index is 12.9. The van der Waals surface area contributed by atoms with Crippen molar-refractivity contribution in [2.24, 2.45) is 0 Å². The van der Waals surface area contributed by atoms with Gasteiger partial charge in [-0.2, -0.15) is 0 Å². The molecular weight excluding hydrogens is 553 g/mol. The van der Waals surface area contributed by atoms with E-state index in [0.717, 1.165) is 21.2 Å². The molecule has 0 bridgehead atoms. The van der Waals surface area contributed by atoms with E-state index >= 15 is 0 Å². The molecule has 4 amide bonds. The Kier molecular flexibility index (Phi) is 7.91. The van der Waals surface area contributed by atoms with E-state index in [9.17, 15) is 14.4 Å². The molecule has 0 spiro atoms. The van der Waals surface area contributed by atoms with Crippen LogP contribution >= 0.6 is 23.2 Å². The lowest BCUT2D eigenvalue weighted by Crippen LogP contribution is -2.38. The number of imide groups is 1. The van der Waals surface area contributed by atoms with Crippen molar-refractivity contribution >= 4 is 63.6 Å². The summed E-state index contributed by atoms with van der Waals surface area (Å²) >= 11 is 13.0. The van der Waals surface area contributed by atoms with Gasteiger partial charge in [0.2, 0.25) is 5.91 Å². The first-order valence-electron chi connectivity index (χ1n) is 12.2. The quantitative estimate of drug-likeness (QED) is 0.191. The third-order valence-corrected chi connectivity index (χ3v) is 6.79. The van der Waals surface area contributed by atoms with Gasteiger partial charge < -0.3 is 20.1 Å². The van der Waals surface area contributed by atoms with E-state index in [-0.39, 0.29) is 22.3 Å². The zero-order valence-corrected chi connectivity index (χ0v) is 22.8. The molecule has 1 fully saturated rings. The number of anilines is 1. The van der Waals surface area contributed by atoms with Gasteiger partial charge in [-0.1, -0.05) is 77.8 Å². The minimum absolute atomic E-state index is 0.0216. The van der Waals surface area contributed by atoms with Crippen LogP contribution in [0.3, 0.4) is 0 Å². The van der Waals surface area contributed by atoms with Gasteiger partial charge in [0.05, 0.1) is 22.8 Å². The number of halogens is 2. The van der Waals surface area contributed by atoms with Crippen molar-refractivity contribution in [1.82, 2.24) is 10.2 Å². The molecule has 2 N–H and O–H groups in total. The van der Waals surface area contributed by atoms with Gasteiger partial charge in [0.1, 0.15) is 24.6 Å². The number of rotatable bonds is 8. The van der Waals surface area contributed by atoms with Gasteiger partial charge in [-0.15, -0.1) is 0 Å². The molecule has 0 saturated carbocycles. The first kappa shape index (κ1) is 27.1. The predicted octanol–water partition coefficient (Wildman–Crippen LogP) is 6.27. The van der Waals surface area contributed by atoms with Gasteiger partial charge in [-0.3, -0.25) is 9.59 Å². The molecule has 1 heterocycles. The Morgan fingerprint density at radius 3 is 2.45 bits per heavy atom. The van der Waals surface area contributed by atoms with Crippen molar-refractivity contribution < 1.29 is 23.9 Å². The lowest BCUT2D eigenvalue weighted by atomic mass is 10.1. The van der Waals surface area contributed by atoms with Crippen LogP contribution in [0, 0.1) is 0 Å². The van der Waals surface area contributed by atoms with Crippen LogP contribution in [0.15, 0.2) is 84.6 Å². The summed E-state index contributed by atoms with van der Waals surface area (Å²) < 4.78 is 11.2. The third-order valence-electron chi connectivity index (χ3n) is 6.23. The summed E-state index contributed by atoms with van der Waals surface area (Å²) in [7, 11) is 1.47. The number of hydrogen-bond acceptors (Lipinski definition) is 5. The number of benzene rings is 4. The maximum absolute atomic E-state index is 12.9. The predicted molar refractivity (Wildman–Crippen MR) is 155 cm³/mol. The van der Waals surface area contributed by atoms with Crippen LogP contribution in [0.4, 0.5) is 10.5 Å². The summed E-state index contributed by atoms with van der Waals surface area (Å²) in [4.78, 5) is 38.7. The minimum Gasteiger partial charge on any atom is -0.495 e. The molecule has 0 aromatic heterocycles. The number of carbonyl (C=O) groups is 3. The number of carbonyl (C=O) groups excluding carboxylic acids is 3. The summed E-state index contributed by atoms with van der Waals surface area (Å²) in [5.74, 6) is -0.474. The van der Waals surface area contributed by atoms with E-state index in [1.807, 2.05) is 42.5 Å². The highest BCUT2D eigenvalue weighted by molar-refractivity contribution is 6.37. The fraction of sp³-hybridized carbons (Fsp3) is 0.100. The van der Waals surface area contributed by atoms with Crippen LogP contribution in [0.25, 0.3) is 16.8 Å². The van der Waals surface area contributed by atoms with Gasteiger partial charge >= 0.3 is 6.03 Å². The second-order valence-electron chi connectivity index (χ2n) is 8.87. The van der Waals surface area contributed by atoms with E-state index in [1.165, 1.54) is 13.2 Å². The highest BCUT2D eigenvalue weighted by atomic mass is 35.5. The van der Waals surface area contributed by atoms with E-state index < -0.39 is 24.4 Å². The molecule has 8 nitrogen and oxygen atoms in total. The van der Waals surface area contributed by atoms with Crippen LogP contribution < -0.4 is 20.1 Å². The fourth-order valence-corrected chi connectivity index (χ4v) is 4.95. The number of hydrogen-bond donors (Lipinski definition) is 2. The van der Waals surface area contributed by atoms with Gasteiger partial charge in [0, 0.05) is 0 Å². The smallest absolute Gasteiger partial charge is 0.329 e. The van der Waals surface area contributed by atoms with E-state index in [2.05, 4.69) is 10.6 Å². The standard InChI is InChI=1S/C30H23Cl2N3O5/c1-39-26-12-5-4-11-24(26)33-27(36)16-35-29(37)25(34-30(35)38)15-18-13-22(31)28(23(32)14-18)40-17-20-9-6-8-19-7-2-3-10-21(19)20/h2-15H,16-17H2,1H3,(H,33,36)(H,34,38)/b25-15+. The zero-order valence-electron chi connectivity index (χ0n) is 21.2. The van der Waals surface area contributed by atoms with Gasteiger partial charge in [-0.25, -0.2) is 9.69 Å². The molecule has 0 aliphatic carbocycles. The monoisotopic (exact) mass is 575 g/mol. The lowest BCUT2D eigenvalue weighted by molar-refractivity contribution is -0.127. The SMILES string of the molecule is COc1ccccc1NC(=O)CN1C(=O)N/C(=C/c2cc(Cl)c(OCc3cccc4ccccc34)c(Cl)c2)C1=O. The van der Waals surface area contributed by atoms with Crippen molar-refractivity contribution in [3.63, 3.8) is 0 Å². The molecule has 4 aromatic carbocycles. The van der Waals surface area contributed by atoms with Crippen molar-refractivity contribution in [1.29, 1.82) is 0 Å². The Balaban J connectivity index is 1.28. The average molecular weight is 576 g/mol. The molecule has 0 atom stereocenters. The first-order valence-corrected chi connectivity index (χ1v) is 13.0. The molecule has 4 aromatic rings. The van der Waals surface area contributed by atoms with Crippen molar-refractivity contribution in [3.05, 3.63) is 106 Å². The summed E-state index contributed by atoms with van der Waals surface area (Å²) in [5, 5.41) is 7.77. The Hall–Kier alpha value is -4.53. The van der Waals surface area contributed by atoms with Crippen LogP contribution in [-0.4, -0.2) is 36.4 Å². The largest absolute Gasteiger partial charge is 0.495 e. The lowest BCUT2D eigenvalue weighted by Gasteiger charge is -2.13. The Labute approximate surface area is 240 Å². The molecule has 5 rings (SSSR count). The Morgan fingerprint density at radius 2 is 1.68 bits per heavy atom. The number of nitrogens with zero attached hydrogens (tertiary/aromatic N) is 1. The fourth-order valence-electron chi connectivity index (χ4n) is 4.33. The van der Waals surface area contributed by atoms with Crippen molar-refractivity contribution in [2.45, 2.75) is 6.61 Å². The summed E-state index contributed by atoms with van der Waals surface area (Å²) in [6.45, 7) is -0.232. The molecule has 0 unspecified atom stereocenters. The molecule has 1 aliphatic heterocycles. The van der Waals surface area contributed by atoms with Crippen molar-refractivity contribution in [3.8, 4) is 11.5 Å². The average Bonchev–Trinajstić information content (AvgIpc) is 3.20. The topological polar surface area (TPSA) is 97.0 Å². The van der Waals surface area contributed by atoms with Crippen LogP contribution in [0.1, 0.15) is 11.1 Å². The molecule has 40 heavy (non-hydrogen) atoms. The number of nitrogens with one attached hydrogen (secondary N) is 2.